The van der Waals surface area contributed by atoms with E-state index in [-0.39, 0.29) is 11.7 Å². The van der Waals surface area contributed by atoms with Crippen LogP contribution in [0, 0.1) is 13.8 Å². The van der Waals surface area contributed by atoms with E-state index in [4.69, 9.17) is 11.6 Å². The van der Waals surface area contributed by atoms with Crippen LogP contribution >= 0.6 is 11.6 Å². The molecule has 21 heavy (non-hydrogen) atoms. The number of halogens is 1. The van der Waals surface area contributed by atoms with Crippen LogP contribution in [0.2, 0.25) is 5.02 Å². The minimum Gasteiger partial charge on any atom is -0.325 e. The van der Waals surface area contributed by atoms with Gasteiger partial charge in [-0.05, 0) is 42.7 Å². The van der Waals surface area contributed by atoms with E-state index < -0.39 is 0 Å². The molecule has 0 atom stereocenters. The molecule has 0 saturated heterocycles. The number of carbonyl (C=O) groups excluding carboxylic acids is 2. The molecule has 0 bridgehead atoms. The van der Waals surface area contributed by atoms with Crippen molar-refractivity contribution in [3.63, 3.8) is 0 Å². The van der Waals surface area contributed by atoms with Crippen LogP contribution < -0.4 is 5.32 Å². The van der Waals surface area contributed by atoms with E-state index in [9.17, 15) is 9.59 Å². The summed E-state index contributed by atoms with van der Waals surface area (Å²) in [4.78, 5) is 24.2. The quantitative estimate of drug-likeness (QED) is 0.860. The molecule has 0 unspecified atom stereocenters. The van der Waals surface area contributed by atoms with Gasteiger partial charge in [-0.3, -0.25) is 9.59 Å². The van der Waals surface area contributed by atoms with Gasteiger partial charge in [-0.25, -0.2) is 0 Å². The number of benzene rings is 2. The topological polar surface area (TPSA) is 46.2 Å². The number of ketones is 1. The van der Waals surface area contributed by atoms with Crippen molar-refractivity contribution in [1.82, 2.24) is 0 Å². The maximum atomic E-state index is 12.7. The average Bonchev–Trinajstić information content (AvgIpc) is 2.79. The van der Waals surface area contributed by atoms with Crippen molar-refractivity contribution in [2.24, 2.45) is 0 Å². The SMILES string of the molecule is Cc1cccc(C(=O)c2cc3c(cc2Cl)NC(=O)C3)c1C. The summed E-state index contributed by atoms with van der Waals surface area (Å²) in [6, 6.07) is 9.01. The zero-order valence-electron chi connectivity index (χ0n) is 11.8. The fourth-order valence-electron chi connectivity index (χ4n) is 2.56. The van der Waals surface area contributed by atoms with Gasteiger partial charge in [0.1, 0.15) is 0 Å². The van der Waals surface area contributed by atoms with Gasteiger partial charge >= 0.3 is 0 Å². The summed E-state index contributed by atoms with van der Waals surface area (Å²) in [7, 11) is 0. The van der Waals surface area contributed by atoms with E-state index >= 15 is 0 Å². The second-order valence-electron chi connectivity index (χ2n) is 5.29. The van der Waals surface area contributed by atoms with Crippen LogP contribution in [0.1, 0.15) is 32.6 Å². The maximum Gasteiger partial charge on any atom is 0.228 e. The molecule has 1 aliphatic heterocycles. The van der Waals surface area contributed by atoms with Crippen LogP contribution in [-0.4, -0.2) is 11.7 Å². The number of aryl methyl sites for hydroxylation is 1. The van der Waals surface area contributed by atoms with Gasteiger partial charge in [0.25, 0.3) is 0 Å². The molecule has 1 N–H and O–H groups in total. The van der Waals surface area contributed by atoms with Crippen molar-refractivity contribution in [2.75, 3.05) is 5.32 Å². The van der Waals surface area contributed by atoms with Gasteiger partial charge in [-0.15, -0.1) is 0 Å². The highest BCUT2D eigenvalue weighted by Gasteiger charge is 2.23. The summed E-state index contributed by atoms with van der Waals surface area (Å²) in [5, 5.41) is 3.09. The molecular formula is C17H14ClNO2. The first-order valence-electron chi connectivity index (χ1n) is 6.70. The zero-order chi connectivity index (χ0) is 15.1. The Bertz CT molecular complexity index is 781. The molecule has 0 spiro atoms. The van der Waals surface area contributed by atoms with Crippen LogP contribution in [0.5, 0.6) is 0 Å². The van der Waals surface area contributed by atoms with Gasteiger partial charge in [0.05, 0.1) is 11.4 Å². The summed E-state index contributed by atoms with van der Waals surface area (Å²) in [6.45, 7) is 3.90. The van der Waals surface area contributed by atoms with Crippen molar-refractivity contribution in [3.05, 3.63) is 63.2 Å². The van der Waals surface area contributed by atoms with Crippen molar-refractivity contribution >= 4 is 29.0 Å². The van der Waals surface area contributed by atoms with E-state index in [0.29, 0.717) is 28.3 Å². The molecule has 106 valence electrons. The fourth-order valence-corrected chi connectivity index (χ4v) is 2.81. The van der Waals surface area contributed by atoms with Crippen LogP contribution in [0.4, 0.5) is 5.69 Å². The minimum absolute atomic E-state index is 0.0719. The molecule has 0 fully saturated rings. The number of hydrogen-bond donors (Lipinski definition) is 1. The van der Waals surface area contributed by atoms with E-state index in [1.807, 2.05) is 26.0 Å². The Labute approximate surface area is 127 Å². The number of anilines is 1. The molecule has 4 heteroatoms. The second kappa shape index (κ2) is 5.01. The van der Waals surface area contributed by atoms with Gasteiger partial charge < -0.3 is 5.32 Å². The average molecular weight is 300 g/mol. The largest absolute Gasteiger partial charge is 0.325 e. The first-order valence-corrected chi connectivity index (χ1v) is 7.08. The highest BCUT2D eigenvalue weighted by Crippen LogP contribution is 2.31. The molecule has 1 aliphatic rings. The third-order valence-corrected chi connectivity index (χ3v) is 4.22. The first-order chi connectivity index (χ1) is 9.97. The molecule has 3 nitrogen and oxygen atoms in total. The van der Waals surface area contributed by atoms with Crippen molar-refractivity contribution in [2.45, 2.75) is 20.3 Å². The smallest absolute Gasteiger partial charge is 0.228 e. The highest BCUT2D eigenvalue weighted by molar-refractivity contribution is 6.35. The lowest BCUT2D eigenvalue weighted by Gasteiger charge is -2.10. The Kier molecular flexibility index (Phi) is 3.30. The standard InChI is InChI=1S/C17H14ClNO2/c1-9-4-3-5-12(10(9)2)17(21)13-6-11-7-16(20)19-15(11)8-14(13)18/h3-6,8H,7H2,1-2H3,(H,19,20). The normalized spacial score (nSPS) is 13.0. The first kappa shape index (κ1) is 13.8. The van der Waals surface area contributed by atoms with E-state index in [1.165, 1.54) is 0 Å². The van der Waals surface area contributed by atoms with Gasteiger partial charge in [0.15, 0.2) is 5.78 Å². The number of hydrogen-bond acceptors (Lipinski definition) is 2. The summed E-state index contributed by atoms with van der Waals surface area (Å²) < 4.78 is 0. The third-order valence-electron chi connectivity index (χ3n) is 3.91. The van der Waals surface area contributed by atoms with Gasteiger partial charge in [-0.2, -0.15) is 0 Å². The maximum absolute atomic E-state index is 12.7. The second-order valence-corrected chi connectivity index (χ2v) is 5.70. The molecule has 1 amide bonds. The van der Waals surface area contributed by atoms with Gasteiger partial charge in [0, 0.05) is 16.8 Å². The lowest BCUT2D eigenvalue weighted by molar-refractivity contribution is -0.115. The number of carbonyl (C=O) groups is 2. The van der Waals surface area contributed by atoms with Gasteiger partial charge in [0.2, 0.25) is 5.91 Å². The predicted octanol–water partition coefficient (Wildman–Crippen LogP) is 3.68. The Morgan fingerprint density at radius 3 is 2.71 bits per heavy atom. The third kappa shape index (κ3) is 2.34. The summed E-state index contributed by atoms with van der Waals surface area (Å²) in [5.74, 6) is -0.180. The zero-order valence-corrected chi connectivity index (χ0v) is 12.5. The number of fused-ring (bicyclic) bond motifs is 1. The van der Waals surface area contributed by atoms with Crippen molar-refractivity contribution < 1.29 is 9.59 Å². The molecular weight excluding hydrogens is 286 g/mol. The Hall–Kier alpha value is -2.13. The number of rotatable bonds is 2. The van der Waals surface area contributed by atoms with Crippen LogP contribution in [-0.2, 0) is 11.2 Å². The molecule has 2 aromatic carbocycles. The van der Waals surface area contributed by atoms with Crippen LogP contribution in [0.3, 0.4) is 0 Å². The summed E-state index contributed by atoms with van der Waals surface area (Å²) >= 11 is 6.22. The summed E-state index contributed by atoms with van der Waals surface area (Å²) in [5.41, 5.74) is 4.62. The fraction of sp³-hybridized carbons (Fsp3) is 0.176. The molecule has 0 radical (unpaired) electrons. The molecule has 1 heterocycles. The summed E-state index contributed by atoms with van der Waals surface area (Å²) in [6.07, 6.45) is 0.291. The minimum atomic E-state index is -0.108. The highest BCUT2D eigenvalue weighted by atomic mass is 35.5. The molecule has 0 aliphatic carbocycles. The number of amides is 1. The van der Waals surface area contributed by atoms with Crippen LogP contribution in [0.15, 0.2) is 30.3 Å². The Balaban J connectivity index is 2.09. The lowest BCUT2D eigenvalue weighted by atomic mass is 9.95. The Morgan fingerprint density at radius 2 is 1.95 bits per heavy atom. The predicted molar refractivity (Wildman–Crippen MR) is 83.1 cm³/mol. The lowest BCUT2D eigenvalue weighted by Crippen LogP contribution is -2.06. The van der Waals surface area contributed by atoms with Crippen molar-refractivity contribution in [1.29, 1.82) is 0 Å². The molecule has 2 aromatic rings. The van der Waals surface area contributed by atoms with Crippen LogP contribution in [0.25, 0.3) is 0 Å². The van der Waals surface area contributed by atoms with Crippen molar-refractivity contribution in [3.8, 4) is 0 Å². The number of nitrogens with one attached hydrogen (secondary N) is 1. The van der Waals surface area contributed by atoms with Gasteiger partial charge in [-0.1, -0.05) is 29.8 Å². The van der Waals surface area contributed by atoms with E-state index in [1.54, 1.807) is 18.2 Å². The van der Waals surface area contributed by atoms with E-state index in [2.05, 4.69) is 5.32 Å². The Morgan fingerprint density at radius 1 is 1.19 bits per heavy atom. The molecule has 0 saturated carbocycles. The molecule has 3 rings (SSSR count). The van der Waals surface area contributed by atoms with E-state index in [0.717, 1.165) is 16.7 Å². The monoisotopic (exact) mass is 299 g/mol. The molecule has 0 aromatic heterocycles.